The van der Waals surface area contributed by atoms with Crippen molar-refractivity contribution in [2.24, 2.45) is 5.92 Å². The molecule has 3 aliphatic heterocycles. The maximum absolute atomic E-state index is 12.8. The van der Waals surface area contributed by atoms with Gasteiger partial charge in [0.2, 0.25) is 0 Å². The van der Waals surface area contributed by atoms with Gasteiger partial charge in [-0.15, -0.1) is 24.8 Å². The smallest absolute Gasteiger partial charge is 0.323 e. The van der Waals surface area contributed by atoms with E-state index in [1.165, 1.54) is 4.90 Å². The molecule has 3 saturated heterocycles. The second-order valence-electron chi connectivity index (χ2n) is 7.03. The number of hydrogen-bond donors (Lipinski definition) is 2. The predicted molar refractivity (Wildman–Crippen MR) is 94.4 cm³/mol. The number of nitrogens with one attached hydrogen (secondary N) is 2. The number of carbonyl (C=O) groups excluding carboxylic acids is 2. The number of likely N-dealkylation sites (tertiary alicyclic amines) is 1. The molecule has 0 aromatic rings. The van der Waals surface area contributed by atoms with Gasteiger partial charge in [0, 0.05) is 26.2 Å². The van der Waals surface area contributed by atoms with Gasteiger partial charge in [-0.2, -0.15) is 0 Å². The Morgan fingerprint density at radius 1 is 1.22 bits per heavy atom. The van der Waals surface area contributed by atoms with Crippen LogP contribution in [0.15, 0.2) is 0 Å². The van der Waals surface area contributed by atoms with Crippen molar-refractivity contribution in [3.8, 4) is 0 Å². The molecule has 0 aromatic carbocycles. The second-order valence-corrected chi connectivity index (χ2v) is 7.03. The van der Waals surface area contributed by atoms with Crippen LogP contribution in [0.1, 0.15) is 33.1 Å². The summed E-state index contributed by atoms with van der Waals surface area (Å²) >= 11 is 0. The molecule has 0 aliphatic carbocycles. The van der Waals surface area contributed by atoms with E-state index >= 15 is 0 Å². The van der Waals surface area contributed by atoms with Gasteiger partial charge in [-0.05, 0) is 31.7 Å². The average Bonchev–Trinajstić information content (AvgIpc) is 3.01. The number of imide groups is 1. The van der Waals surface area contributed by atoms with Gasteiger partial charge in [-0.1, -0.05) is 13.8 Å². The highest BCUT2D eigenvalue weighted by Crippen LogP contribution is 2.31. The van der Waals surface area contributed by atoms with E-state index in [-0.39, 0.29) is 42.8 Å². The lowest BCUT2D eigenvalue weighted by atomic mass is 9.87. The molecule has 134 valence electrons. The Hall–Kier alpha value is -0.560. The third kappa shape index (κ3) is 3.92. The summed E-state index contributed by atoms with van der Waals surface area (Å²) in [5.74, 6) is 0.638. The third-order valence-electron chi connectivity index (χ3n) is 4.93. The van der Waals surface area contributed by atoms with Crippen LogP contribution in [-0.4, -0.2) is 66.0 Å². The summed E-state index contributed by atoms with van der Waals surface area (Å²) in [5.41, 5.74) is -0.632. The molecule has 2 N–H and O–H groups in total. The summed E-state index contributed by atoms with van der Waals surface area (Å²) in [6.45, 7) is 8.88. The van der Waals surface area contributed by atoms with Gasteiger partial charge in [0.1, 0.15) is 5.54 Å². The number of halogens is 2. The standard InChI is InChI=1S/C15H26N4O2.2ClH/c1-11(2)10-18-7-4-15(5-8-18)13(20)19(14(21)17-15)12-3-6-16-9-12;;/h11-12,16H,3-10H2,1-2H3,(H,17,21);2*1H. The van der Waals surface area contributed by atoms with Crippen LogP contribution in [0.3, 0.4) is 0 Å². The zero-order valence-electron chi connectivity index (χ0n) is 13.8. The second kappa shape index (κ2) is 8.01. The number of carbonyl (C=O) groups is 2. The molecule has 3 amide bonds. The number of urea groups is 1. The van der Waals surface area contributed by atoms with E-state index in [1.807, 2.05) is 0 Å². The first-order chi connectivity index (χ1) is 10.0. The molecule has 8 heteroatoms. The fraction of sp³-hybridized carbons (Fsp3) is 0.867. The van der Waals surface area contributed by atoms with Gasteiger partial charge in [0.05, 0.1) is 6.04 Å². The summed E-state index contributed by atoms with van der Waals surface area (Å²) in [5, 5.41) is 6.23. The average molecular weight is 367 g/mol. The summed E-state index contributed by atoms with van der Waals surface area (Å²) in [6.07, 6.45) is 2.34. The largest absolute Gasteiger partial charge is 0.325 e. The molecule has 0 bridgehead atoms. The lowest BCUT2D eigenvalue weighted by molar-refractivity contribution is -0.134. The summed E-state index contributed by atoms with van der Waals surface area (Å²) in [4.78, 5) is 28.9. The lowest BCUT2D eigenvalue weighted by Crippen LogP contribution is -2.55. The quantitative estimate of drug-likeness (QED) is 0.737. The maximum Gasteiger partial charge on any atom is 0.325 e. The van der Waals surface area contributed by atoms with Crippen molar-refractivity contribution >= 4 is 36.8 Å². The van der Waals surface area contributed by atoms with Crippen LogP contribution in [0.2, 0.25) is 0 Å². The molecule has 0 aromatic heterocycles. The Bertz CT molecular complexity index is 433. The van der Waals surface area contributed by atoms with Crippen LogP contribution < -0.4 is 10.6 Å². The zero-order valence-corrected chi connectivity index (χ0v) is 15.5. The minimum atomic E-state index is -0.632. The molecule has 6 nitrogen and oxygen atoms in total. The van der Waals surface area contributed by atoms with E-state index < -0.39 is 5.54 Å². The molecule has 1 atom stereocenters. The molecule has 3 heterocycles. The Kier molecular flexibility index (Phi) is 7.13. The fourth-order valence-electron chi connectivity index (χ4n) is 3.81. The molecular weight excluding hydrogens is 339 g/mol. The van der Waals surface area contributed by atoms with E-state index in [0.717, 1.165) is 52.0 Å². The number of rotatable bonds is 3. The molecule has 1 unspecified atom stereocenters. The highest BCUT2D eigenvalue weighted by atomic mass is 35.5. The first-order valence-corrected chi connectivity index (χ1v) is 8.11. The van der Waals surface area contributed by atoms with E-state index in [9.17, 15) is 9.59 Å². The summed E-state index contributed by atoms with van der Waals surface area (Å²) in [7, 11) is 0. The van der Waals surface area contributed by atoms with Crippen LogP contribution in [0.5, 0.6) is 0 Å². The Morgan fingerprint density at radius 2 is 1.87 bits per heavy atom. The highest BCUT2D eigenvalue weighted by Gasteiger charge is 2.54. The summed E-state index contributed by atoms with van der Waals surface area (Å²) in [6, 6.07) is -0.156. The van der Waals surface area contributed by atoms with Gasteiger partial charge in [0.25, 0.3) is 5.91 Å². The van der Waals surface area contributed by atoms with Crippen LogP contribution in [0.25, 0.3) is 0 Å². The number of piperidine rings is 1. The first kappa shape index (κ1) is 20.5. The van der Waals surface area contributed by atoms with Crippen LogP contribution in [0.4, 0.5) is 4.79 Å². The van der Waals surface area contributed by atoms with Crippen LogP contribution >= 0.6 is 24.8 Å². The number of nitrogens with zero attached hydrogens (tertiary/aromatic N) is 2. The van der Waals surface area contributed by atoms with Crippen LogP contribution in [-0.2, 0) is 4.79 Å². The van der Waals surface area contributed by atoms with Crippen molar-refractivity contribution in [2.45, 2.75) is 44.7 Å². The molecule has 3 rings (SSSR count). The maximum atomic E-state index is 12.8. The van der Waals surface area contributed by atoms with Crippen molar-refractivity contribution < 1.29 is 9.59 Å². The minimum Gasteiger partial charge on any atom is -0.323 e. The molecule has 3 aliphatic rings. The Labute approximate surface area is 150 Å². The monoisotopic (exact) mass is 366 g/mol. The predicted octanol–water partition coefficient (Wildman–Crippen LogP) is 1.23. The molecule has 3 fully saturated rings. The minimum absolute atomic E-state index is 0. The molecule has 0 saturated carbocycles. The number of amides is 3. The molecule has 1 spiro atoms. The van der Waals surface area contributed by atoms with Crippen molar-refractivity contribution in [1.29, 1.82) is 0 Å². The van der Waals surface area contributed by atoms with Gasteiger partial charge < -0.3 is 15.5 Å². The topological polar surface area (TPSA) is 64.7 Å². The zero-order chi connectivity index (χ0) is 15.0. The van der Waals surface area contributed by atoms with Crippen molar-refractivity contribution in [1.82, 2.24) is 20.4 Å². The lowest BCUT2D eigenvalue weighted by Gasteiger charge is -2.38. The van der Waals surface area contributed by atoms with Crippen molar-refractivity contribution in [3.05, 3.63) is 0 Å². The van der Waals surface area contributed by atoms with Crippen molar-refractivity contribution in [3.63, 3.8) is 0 Å². The van der Waals surface area contributed by atoms with Crippen LogP contribution in [0, 0.1) is 5.92 Å². The van der Waals surface area contributed by atoms with Crippen molar-refractivity contribution in [2.75, 3.05) is 32.7 Å². The first-order valence-electron chi connectivity index (χ1n) is 8.11. The van der Waals surface area contributed by atoms with Gasteiger partial charge in [0.15, 0.2) is 0 Å². The SMILES string of the molecule is CC(C)CN1CCC2(CC1)NC(=O)N(C1CCNC1)C2=O.Cl.Cl. The van der Waals surface area contributed by atoms with Gasteiger partial charge in [-0.3, -0.25) is 9.69 Å². The highest BCUT2D eigenvalue weighted by molar-refractivity contribution is 6.07. The molecular formula is C15H28Cl2N4O2. The van der Waals surface area contributed by atoms with E-state index in [0.29, 0.717) is 5.92 Å². The summed E-state index contributed by atoms with van der Waals surface area (Å²) < 4.78 is 0. The van der Waals surface area contributed by atoms with E-state index in [1.54, 1.807) is 0 Å². The molecule has 23 heavy (non-hydrogen) atoms. The Balaban J connectivity index is 0.00000132. The van der Waals surface area contributed by atoms with E-state index in [4.69, 9.17) is 0 Å². The van der Waals surface area contributed by atoms with Gasteiger partial charge in [-0.25, -0.2) is 4.79 Å². The fourth-order valence-corrected chi connectivity index (χ4v) is 3.81. The van der Waals surface area contributed by atoms with E-state index in [2.05, 4.69) is 29.4 Å². The third-order valence-corrected chi connectivity index (χ3v) is 4.93. The molecule has 0 radical (unpaired) electrons. The number of hydrogen-bond acceptors (Lipinski definition) is 4. The Morgan fingerprint density at radius 3 is 2.39 bits per heavy atom. The normalized spacial score (nSPS) is 27.1. The van der Waals surface area contributed by atoms with Gasteiger partial charge >= 0.3 is 6.03 Å².